The van der Waals surface area contributed by atoms with E-state index in [0.717, 1.165) is 32.5 Å². The average Bonchev–Trinajstić information content (AvgIpc) is 2.29. The Morgan fingerprint density at radius 1 is 1.33 bits per heavy atom. The molecule has 0 aromatic heterocycles. The van der Waals surface area contributed by atoms with E-state index in [2.05, 4.69) is 19.2 Å². The molecular weight excluding hydrogens is 252 g/mol. The topological polar surface area (TPSA) is 41.6 Å². The lowest BCUT2D eigenvalue weighted by atomic mass is 9.82. The zero-order chi connectivity index (χ0) is 12.5. The zero-order valence-electron chi connectivity index (χ0n) is 11.6. The van der Waals surface area contributed by atoms with E-state index in [-0.39, 0.29) is 30.5 Å². The lowest BCUT2D eigenvalue weighted by molar-refractivity contribution is -0.141. The third kappa shape index (κ3) is 3.59. The second-order valence-corrected chi connectivity index (χ2v) is 6.00. The van der Waals surface area contributed by atoms with Gasteiger partial charge in [-0.15, -0.1) is 12.4 Å². The predicted octanol–water partition coefficient (Wildman–Crippen LogP) is 1.43. The van der Waals surface area contributed by atoms with Crippen LogP contribution in [0.3, 0.4) is 0 Å². The lowest BCUT2D eigenvalue weighted by Crippen LogP contribution is -2.57. The van der Waals surface area contributed by atoms with E-state index < -0.39 is 0 Å². The van der Waals surface area contributed by atoms with Crippen LogP contribution in [-0.2, 0) is 9.53 Å². The van der Waals surface area contributed by atoms with Gasteiger partial charge in [0.15, 0.2) is 0 Å². The summed E-state index contributed by atoms with van der Waals surface area (Å²) in [6.45, 7) is 9.78. The number of morpholine rings is 1. The Kier molecular flexibility index (Phi) is 5.44. The highest BCUT2D eigenvalue weighted by atomic mass is 35.5. The predicted molar refractivity (Wildman–Crippen MR) is 74.0 cm³/mol. The van der Waals surface area contributed by atoms with Gasteiger partial charge in [-0.2, -0.15) is 0 Å². The van der Waals surface area contributed by atoms with Gasteiger partial charge in [0.2, 0.25) is 5.91 Å². The molecule has 2 aliphatic rings. The third-order valence-corrected chi connectivity index (χ3v) is 4.01. The molecule has 0 aromatic carbocycles. The molecule has 0 aromatic rings. The third-order valence-electron chi connectivity index (χ3n) is 4.01. The van der Waals surface area contributed by atoms with Crippen LogP contribution >= 0.6 is 12.4 Å². The Bertz CT molecular complexity index is 287. The first-order valence-electron chi connectivity index (χ1n) is 6.63. The molecule has 0 spiro atoms. The summed E-state index contributed by atoms with van der Waals surface area (Å²) in [5.41, 5.74) is 0.388. The minimum absolute atomic E-state index is 0. The summed E-state index contributed by atoms with van der Waals surface area (Å²) in [6.07, 6.45) is 2.19. The number of hydrogen-bond acceptors (Lipinski definition) is 3. The summed E-state index contributed by atoms with van der Waals surface area (Å²) in [5.74, 6) is 0.215. The Labute approximate surface area is 116 Å². The monoisotopic (exact) mass is 276 g/mol. The van der Waals surface area contributed by atoms with Crippen LogP contribution in [0.1, 0.15) is 33.6 Å². The number of carbonyl (C=O) groups is 1. The Morgan fingerprint density at radius 3 is 2.50 bits per heavy atom. The Balaban J connectivity index is 0.00000162. The van der Waals surface area contributed by atoms with Crippen LogP contribution in [-0.4, -0.2) is 49.2 Å². The highest BCUT2D eigenvalue weighted by Crippen LogP contribution is 2.30. The maximum Gasteiger partial charge on any atom is 0.242 e. The van der Waals surface area contributed by atoms with Crippen LogP contribution in [0.4, 0.5) is 0 Å². The van der Waals surface area contributed by atoms with E-state index in [4.69, 9.17) is 4.74 Å². The van der Waals surface area contributed by atoms with Gasteiger partial charge in [-0.25, -0.2) is 0 Å². The van der Waals surface area contributed by atoms with Crippen molar-refractivity contribution >= 4 is 18.3 Å². The van der Waals surface area contributed by atoms with Crippen molar-refractivity contribution < 1.29 is 9.53 Å². The van der Waals surface area contributed by atoms with Crippen LogP contribution in [0, 0.1) is 5.41 Å². The molecule has 0 aliphatic carbocycles. The molecule has 0 saturated carbocycles. The SMILES string of the molecule is C[C@H]1OCCN[C@@H]1C(=O)N1CCC(C)(C)CC1.Cl. The summed E-state index contributed by atoms with van der Waals surface area (Å²) < 4.78 is 5.53. The van der Waals surface area contributed by atoms with Gasteiger partial charge in [0.05, 0.1) is 12.7 Å². The Morgan fingerprint density at radius 2 is 1.94 bits per heavy atom. The summed E-state index contributed by atoms with van der Waals surface area (Å²) >= 11 is 0. The van der Waals surface area contributed by atoms with Gasteiger partial charge in [-0.05, 0) is 25.2 Å². The number of halogens is 1. The van der Waals surface area contributed by atoms with Gasteiger partial charge >= 0.3 is 0 Å². The van der Waals surface area contributed by atoms with E-state index in [1.807, 2.05) is 11.8 Å². The normalized spacial score (nSPS) is 31.6. The largest absolute Gasteiger partial charge is 0.375 e. The first-order chi connectivity index (χ1) is 7.99. The molecule has 5 heteroatoms. The summed E-state index contributed by atoms with van der Waals surface area (Å²) in [4.78, 5) is 14.4. The van der Waals surface area contributed by atoms with Crippen molar-refractivity contribution in [3.05, 3.63) is 0 Å². The molecule has 2 atom stereocenters. The molecule has 106 valence electrons. The molecule has 1 N–H and O–H groups in total. The molecule has 2 fully saturated rings. The van der Waals surface area contributed by atoms with Crippen molar-refractivity contribution in [2.75, 3.05) is 26.2 Å². The summed E-state index contributed by atoms with van der Waals surface area (Å²) in [6, 6.07) is -0.148. The lowest BCUT2D eigenvalue weighted by Gasteiger charge is -2.40. The highest BCUT2D eigenvalue weighted by Gasteiger charge is 2.35. The molecule has 2 heterocycles. The Hall–Kier alpha value is -0.320. The van der Waals surface area contributed by atoms with Crippen molar-refractivity contribution in [1.82, 2.24) is 10.2 Å². The number of carbonyl (C=O) groups excluding carboxylic acids is 1. The van der Waals surface area contributed by atoms with E-state index in [1.54, 1.807) is 0 Å². The summed E-state index contributed by atoms with van der Waals surface area (Å²) in [7, 11) is 0. The van der Waals surface area contributed by atoms with Gasteiger partial charge in [0.1, 0.15) is 6.04 Å². The molecular formula is C13H25ClN2O2. The van der Waals surface area contributed by atoms with Gasteiger partial charge in [0.25, 0.3) is 0 Å². The first kappa shape index (κ1) is 15.7. The maximum atomic E-state index is 12.4. The van der Waals surface area contributed by atoms with Gasteiger partial charge < -0.3 is 15.0 Å². The number of amides is 1. The number of nitrogens with zero attached hydrogens (tertiary/aromatic N) is 1. The smallest absolute Gasteiger partial charge is 0.242 e. The number of ether oxygens (including phenoxy) is 1. The van der Waals surface area contributed by atoms with Crippen LogP contribution in [0.15, 0.2) is 0 Å². The van der Waals surface area contributed by atoms with Crippen molar-refractivity contribution in [1.29, 1.82) is 0 Å². The van der Waals surface area contributed by atoms with E-state index in [1.165, 1.54) is 0 Å². The minimum atomic E-state index is -0.148. The van der Waals surface area contributed by atoms with Crippen LogP contribution in [0.5, 0.6) is 0 Å². The number of likely N-dealkylation sites (tertiary alicyclic amines) is 1. The molecule has 0 bridgehead atoms. The van der Waals surface area contributed by atoms with Crippen molar-refractivity contribution in [3.8, 4) is 0 Å². The van der Waals surface area contributed by atoms with Crippen molar-refractivity contribution in [2.45, 2.75) is 45.8 Å². The molecule has 2 saturated heterocycles. The minimum Gasteiger partial charge on any atom is -0.375 e. The molecule has 2 rings (SSSR count). The molecule has 0 unspecified atom stereocenters. The van der Waals surface area contributed by atoms with Gasteiger partial charge in [-0.1, -0.05) is 13.8 Å². The number of piperidine rings is 1. The molecule has 1 amide bonds. The van der Waals surface area contributed by atoms with E-state index in [0.29, 0.717) is 12.0 Å². The molecule has 18 heavy (non-hydrogen) atoms. The van der Waals surface area contributed by atoms with Gasteiger partial charge in [-0.3, -0.25) is 4.79 Å². The second kappa shape index (κ2) is 6.22. The van der Waals surface area contributed by atoms with Gasteiger partial charge in [0, 0.05) is 19.6 Å². The maximum absolute atomic E-state index is 12.4. The fourth-order valence-corrected chi connectivity index (χ4v) is 2.54. The average molecular weight is 277 g/mol. The second-order valence-electron chi connectivity index (χ2n) is 6.00. The van der Waals surface area contributed by atoms with Crippen LogP contribution < -0.4 is 5.32 Å². The number of nitrogens with one attached hydrogen (secondary N) is 1. The fraction of sp³-hybridized carbons (Fsp3) is 0.923. The summed E-state index contributed by atoms with van der Waals surface area (Å²) in [5, 5.41) is 3.27. The van der Waals surface area contributed by atoms with Crippen molar-refractivity contribution in [3.63, 3.8) is 0 Å². The molecule has 2 aliphatic heterocycles. The van der Waals surface area contributed by atoms with E-state index in [9.17, 15) is 4.79 Å². The highest BCUT2D eigenvalue weighted by molar-refractivity contribution is 5.85. The zero-order valence-corrected chi connectivity index (χ0v) is 12.4. The number of hydrogen-bond donors (Lipinski definition) is 1. The van der Waals surface area contributed by atoms with E-state index >= 15 is 0 Å². The van der Waals surface area contributed by atoms with Crippen LogP contribution in [0.25, 0.3) is 0 Å². The molecule has 4 nitrogen and oxygen atoms in total. The standard InChI is InChI=1S/C13H24N2O2.ClH/c1-10-11(14-6-9-17-10)12(16)15-7-4-13(2,3)5-8-15;/h10-11,14H,4-9H2,1-3H3;1H/t10-,11+;/m1./s1. The van der Waals surface area contributed by atoms with Crippen molar-refractivity contribution in [2.24, 2.45) is 5.41 Å². The van der Waals surface area contributed by atoms with Crippen LogP contribution in [0.2, 0.25) is 0 Å². The fourth-order valence-electron chi connectivity index (χ4n) is 2.54. The number of rotatable bonds is 1. The quantitative estimate of drug-likeness (QED) is 0.788. The first-order valence-corrected chi connectivity index (χ1v) is 6.63. The molecule has 0 radical (unpaired) electrons.